The first-order valence-electron chi connectivity index (χ1n) is 6.48. The highest BCUT2D eigenvalue weighted by molar-refractivity contribution is 9.10. The maximum absolute atomic E-state index is 9.28. The van der Waals surface area contributed by atoms with Crippen LogP contribution in [0.15, 0.2) is 59.1 Å². The van der Waals surface area contributed by atoms with Crippen LogP contribution >= 0.6 is 15.9 Å². The third-order valence-electron chi connectivity index (χ3n) is 3.23. The molecule has 2 rings (SSSR count). The van der Waals surface area contributed by atoms with Gasteiger partial charge >= 0.3 is 0 Å². The van der Waals surface area contributed by atoms with Crippen LogP contribution in [0.3, 0.4) is 0 Å². The van der Waals surface area contributed by atoms with Crippen LogP contribution in [0.5, 0.6) is 0 Å². The fourth-order valence-electron chi connectivity index (χ4n) is 2.16. The molecule has 0 N–H and O–H groups in total. The van der Waals surface area contributed by atoms with Crippen molar-refractivity contribution >= 4 is 15.9 Å². The maximum atomic E-state index is 9.28. The van der Waals surface area contributed by atoms with Crippen LogP contribution in [0.4, 0.5) is 0 Å². The Hall–Kier alpha value is -1.59. The second kappa shape index (κ2) is 7.11. The first-order valence-corrected chi connectivity index (χ1v) is 7.28. The van der Waals surface area contributed by atoms with Gasteiger partial charge in [0.2, 0.25) is 0 Å². The molecule has 1 nitrogen and oxygen atoms in total. The summed E-state index contributed by atoms with van der Waals surface area (Å²) in [4.78, 5) is 0. The summed E-state index contributed by atoms with van der Waals surface area (Å²) < 4.78 is 1.05. The van der Waals surface area contributed by atoms with Crippen molar-refractivity contribution in [3.63, 3.8) is 0 Å². The van der Waals surface area contributed by atoms with E-state index in [1.807, 2.05) is 30.3 Å². The van der Waals surface area contributed by atoms with Crippen LogP contribution in [0.2, 0.25) is 0 Å². The van der Waals surface area contributed by atoms with E-state index >= 15 is 0 Å². The number of nitrogens with zero attached hydrogens (tertiary/aromatic N) is 1. The van der Waals surface area contributed by atoms with E-state index in [9.17, 15) is 5.26 Å². The maximum Gasteiger partial charge on any atom is 0.0712 e. The molecule has 0 aromatic heterocycles. The molecular weight excluding hydrogens is 298 g/mol. The molecule has 0 amide bonds. The molecule has 1 unspecified atom stereocenters. The van der Waals surface area contributed by atoms with E-state index in [0.717, 1.165) is 29.3 Å². The molecular formula is C17H16BrN. The lowest BCUT2D eigenvalue weighted by Gasteiger charge is -2.09. The molecule has 0 saturated heterocycles. The molecule has 0 aliphatic rings. The van der Waals surface area contributed by atoms with E-state index < -0.39 is 0 Å². The van der Waals surface area contributed by atoms with Gasteiger partial charge in [-0.25, -0.2) is 0 Å². The number of hydrogen-bond donors (Lipinski definition) is 0. The van der Waals surface area contributed by atoms with Crippen molar-refractivity contribution < 1.29 is 0 Å². The molecule has 96 valence electrons. The minimum atomic E-state index is -0.00295. The summed E-state index contributed by atoms with van der Waals surface area (Å²) in [5, 5.41) is 9.28. The average Bonchev–Trinajstić information content (AvgIpc) is 2.46. The second-order valence-electron chi connectivity index (χ2n) is 4.61. The Labute approximate surface area is 123 Å². The van der Waals surface area contributed by atoms with Crippen LogP contribution in [-0.2, 0) is 6.42 Å². The van der Waals surface area contributed by atoms with Gasteiger partial charge in [-0.05, 0) is 42.5 Å². The standard InChI is InChI=1S/C17H16BrN/c18-17-11-9-15(10-12-17)16(13-19)8-4-7-14-5-2-1-3-6-14/h1-3,5-6,9-12,16H,4,7-8H2. The van der Waals surface area contributed by atoms with E-state index in [1.165, 1.54) is 5.56 Å². The van der Waals surface area contributed by atoms with Gasteiger partial charge in [0.25, 0.3) is 0 Å². The molecule has 0 saturated carbocycles. The lowest BCUT2D eigenvalue weighted by Crippen LogP contribution is -1.97. The zero-order valence-corrected chi connectivity index (χ0v) is 12.3. The predicted molar refractivity (Wildman–Crippen MR) is 81.9 cm³/mol. The highest BCUT2D eigenvalue weighted by atomic mass is 79.9. The lowest BCUT2D eigenvalue weighted by molar-refractivity contribution is 0.683. The summed E-state index contributed by atoms with van der Waals surface area (Å²) in [5.74, 6) is -0.00295. The molecule has 2 aromatic rings. The Bertz CT molecular complexity index is 540. The smallest absolute Gasteiger partial charge is 0.0712 e. The first kappa shape index (κ1) is 13.8. The van der Waals surface area contributed by atoms with Gasteiger partial charge in [-0.3, -0.25) is 0 Å². The minimum absolute atomic E-state index is 0.00295. The zero-order chi connectivity index (χ0) is 13.5. The number of aryl methyl sites for hydroxylation is 1. The van der Waals surface area contributed by atoms with Crippen molar-refractivity contribution in [1.82, 2.24) is 0 Å². The van der Waals surface area contributed by atoms with Crippen LogP contribution in [-0.4, -0.2) is 0 Å². The molecule has 2 heteroatoms. The molecule has 0 fully saturated rings. The molecule has 0 bridgehead atoms. The first-order chi connectivity index (χ1) is 9.29. The quantitative estimate of drug-likeness (QED) is 0.755. The highest BCUT2D eigenvalue weighted by Crippen LogP contribution is 2.23. The van der Waals surface area contributed by atoms with E-state index in [4.69, 9.17) is 0 Å². The van der Waals surface area contributed by atoms with Crippen LogP contribution in [0, 0.1) is 11.3 Å². The Morgan fingerprint density at radius 3 is 2.32 bits per heavy atom. The van der Waals surface area contributed by atoms with E-state index in [2.05, 4.69) is 46.3 Å². The monoisotopic (exact) mass is 313 g/mol. The number of benzene rings is 2. The third-order valence-corrected chi connectivity index (χ3v) is 3.76. The SMILES string of the molecule is N#CC(CCCc1ccccc1)c1ccc(Br)cc1. The molecule has 0 heterocycles. The lowest BCUT2D eigenvalue weighted by atomic mass is 9.94. The number of nitriles is 1. The van der Waals surface area contributed by atoms with Gasteiger partial charge in [-0.2, -0.15) is 5.26 Å². The van der Waals surface area contributed by atoms with Crippen molar-refractivity contribution in [1.29, 1.82) is 5.26 Å². The summed E-state index contributed by atoms with van der Waals surface area (Å²) in [5.41, 5.74) is 2.45. The van der Waals surface area contributed by atoms with Gasteiger partial charge in [0.05, 0.1) is 12.0 Å². The van der Waals surface area contributed by atoms with Crippen LogP contribution < -0.4 is 0 Å². The molecule has 0 aliphatic heterocycles. The molecule has 19 heavy (non-hydrogen) atoms. The van der Waals surface area contributed by atoms with Crippen LogP contribution in [0.25, 0.3) is 0 Å². The molecule has 0 aliphatic carbocycles. The van der Waals surface area contributed by atoms with Gasteiger partial charge in [0.1, 0.15) is 0 Å². The van der Waals surface area contributed by atoms with Gasteiger partial charge in [-0.15, -0.1) is 0 Å². The largest absolute Gasteiger partial charge is 0.198 e. The van der Waals surface area contributed by atoms with Gasteiger partial charge in [-0.1, -0.05) is 58.4 Å². The van der Waals surface area contributed by atoms with Crippen molar-refractivity contribution in [2.75, 3.05) is 0 Å². The van der Waals surface area contributed by atoms with Crippen molar-refractivity contribution in [2.45, 2.75) is 25.2 Å². The summed E-state index contributed by atoms with van der Waals surface area (Å²) in [6.45, 7) is 0. The predicted octanol–water partition coefficient (Wildman–Crippen LogP) is 5.08. The van der Waals surface area contributed by atoms with Crippen molar-refractivity contribution in [3.8, 4) is 6.07 Å². The summed E-state index contributed by atoms with van der Waals surface area (Å²) in [6.07, 6.45) is 2.99. The van der Waals surface area contributed by atoms with Crippen molar-refractivity contribution in [3.05, 3.63) is 70.2 Å². The molecule has 1 atom stereocenters. The Balaban J connectivity index is 1.90. The van der Waals surface area contributed by atoms with Gasteiger partial charge < -0.3 is 0 Å². The van der Waals surface area contributed by atoms with E-state index in [0.29, 0.717) is 0 Å². The van der Waals surface area contributed by atoms with Gasteiger partial charge in [0.15, 0.2) is 0 Å². The summed E-state index contributed by atoms with van der Waals surface area (Å²) in [7, 11) is 0. The van der Waals surface area contributed by atoms with Gasteiger partial charge in [0, 0.05) is 4.47 Å². The third kappa shape index (κ3) is 4.22. The Kier molecular flexibility index (Phi) is 5.18. The highest BCUT2D eigenvalue weighted by Gasteiger charge is 2.09. The molecule has 0 spiro atoms. The topological polar surface area (TPSA) is 23.8 Å². The van der Waals surface area contributed by atoms with Crippen molar-refractivity contribution in [2.24, 2.45) is 0 Å². The fourth-order valence-corrected chi connectivity index (χ4v) is 2.42. The summed E-state index contributed by atoms with van der Waals surface area (Å²) in [6, 6.07) is 20.9. The minimum Gasteiger partial charge on any atom is -0.198 e. The number of halogens is 1. The number of rotatable bonds is 5. The van der Waals surface area contributed by atoms with E-state index in [1.54, 1.807) is 0 Å². The normalized spacial score (nSPS) is 11.8. The average molecular weight is 314 g/mol. The number of hydrogen-bond acceptors (Lipinski definition) is 1. The molecule has 0 radical (unpaired) electrons. The van der Waals surface area contributed by atoms with E-state index in [-0.39, 0.29) is 5.92 Å². The Morgan fingerprint density at radius 2 is 1.68 bits per heavy atom. The zero-order valence-electron chi connectivity index (χ0n) is 10.7. The summed E-state index contributed by atoms with van der Waals surface area (Å²) >= 11 is 3.42. The Morgan fingerprint density at radius 1 is 1.00 bits per heavy atom. The molecule has 2 aromatic carbocycles. The second-order valence-corrected chi connectivity index (χ2v) is 5.53. The van der Waals surface area contributed by atoms with Crippen LogP contribution in [0.1, 0.15) is 29.9 Å². The fraction of sp³-hybridized carbons (Fsp3) is 0.235.